The van der Waals surface area contributed by atoms with Crippen LogP contribution in [0.25, 0.3) is 0 Å². The van der Waals surface area contributed by atoms with Crippen molar-refractivity contribution in [1.82, 2.24) is 0 Å². The highest BCUT2D eigenvalue weighted by Crippen LogP contribution is 2.25. The summed E-state index contributed by atoms with van der Waals surface area (Å²) in [6.45, 7) is 0. The Bertz CT molecular complexity index is 406. The van der Waals surface area contributed by atoms with Crippen LogP contribution in [0.2, 0.25) is 0 Å². The van der Waals surface area contributed by atoms with E-state index in [4.69, 9.17) is 20.3 Å². The summed E-state index contributed by atoms with van der Waals surface area (Å²) in [5.41, 5.74) is 6.85. The molecule has 1 unspecified atom stereocenters. The van der Waals surface area contributed by atoms with Gasteiger partial charge in [-0.1, -0.05) is 6.07 Å². The van der Waals surface area contributed by atoms with Crippen LogP contribution in [0.5, 0.6) is 11.5 Å². The number of carboxylic acid groups (broad SMARTS) is 1. The summed E-state index contributed by atoms with van der Waals surface area (Å²) >= 11 is 0. The fourth-order valence-electron chi connectivity index (χ4n) is 1.71. The summed E-state index contributed by atoms with van der Waals surface area (Å²) in [7, 11) is 3.17. The summed E-state index contributed by atoms with van der Waals surface area (Å²) in [5.74, 6) is 0.599. The van der Waals surface area contributed by atoms with Crippen LogP contribution in [0.4, 0.5) is 0 Å². The van der Waals surface area contributed by atoms with Crippen LogP contribution in [0, 0.1) is 0 Å². The fourth-order valence-corrected chi connectivity index (χ4v) is 1.71. The monoisotopic (exact) mass is 253 g/mol. The van der Waals surface area contributed by atoms with Gasteiger partial charge in [0, 0.05) is 18.5 Å². The first-order valence-electron chi connectivity index (χ1n) is 5.75. The molecule has 0 bridgehead atoms. The van der Waals surface area contributed by atoms with E-state index in [9.17, 15) is 4.79 Å². The molecule has 0 spiro atoms. The number of aliphatic carboxylic acids is 1. The average molecular weight is 253 g/mol. The van der Waals surface area contributed by atoms with Crippen LogP contribution >= 0.6 is 0 Å². The largest absolute Gasteiger partial charge is 0.497 e. The Labute approximate surface area is 107 Å². The van der Waals surface area contributed by atoms with Crippen molar-refractivity contribution in [3.05, 3.63) is 23.8 Å². The SMILES string of the molecule is COc1ccc(CC(N)CCC(=O)O)c(OC)c1. The maximum absolute atomic E-state index is 10.5. The molecule has 5 nitrogen and oxygen atoms in total. The van der Waals surface area contributed by atoms with Crippen LogP contribution in [-0.4, -0.2) is 31.3 Å². The number of methoxy groups -OCH3 is 2. The lowest BCUT2D eigenvalue weighted by Crippen LogP contribution is -2.24. The molecule has 18 heavy (non-hydrogen) atoms. The van der Waals surface area contributed by atoms with Crippen LogP contribution in [-0.2, 0) is 11.2 Å². The maximum atomic E-state index is 10.5. The van der Waals surface area contributed by atoms with Gasteiger partial charge >= 0.3 is 5.97 Å². The molecule has 0 saturated carbocycles. The molecular weight excluding hydrogens is 234 g/mol. The summed E-state index contributed by atoms with van der Waals surface area (Å²) < 4.78 is 10.4. The van der Waals surface area contributed by atoms with E-state index in [2.05, 4.69) is 0 Å². The maximum Gasteiger partial charge on any atom is 0.303 e. The minimum atomic E-state index is -0.827. The molecule has 1 aromatic rings. The van der Waals surface area contributed by atoms with Crippen molar-refractivity contribution in [3.63, 3.8) is 0 Å². The minimum Gasteiger partial charge on any atom is -0.497 e. The zero-order valence-corrected chi connectivity index (χ0v) is 10.7. The van der Waals surface area contributed by atoms with Gasteiger partial charge in [0.1, 0.15) is 11.5 Å². The van der Waals surface area contributed by atoms with Gasteiger partial charge in [-0.3, -0.25) is 4.79 Å². The second-order valence-electron chi connectivity index (χ2n) is 4.07. The van der Waals surface area contributed by atoms with E-state index in [0.29, 0.717) is 18.6 Å². The van der Waals surface area contributed by atoms with Gasteiger partial charge < -0.3 is 20.3 Å². The quantitative estimate of drug-likeness (QED) is 0.768. The number of nitrogens with two attached hydrogens (primary N) is 1. The summed E-state index contributed by atoms with van der Waals surface area (Å²) in [6, 6.07) is 5.32. The fraction of sp³-hybridized carbons (Fsp3) is 0.462. The first-order valence-corrected chi connectivity index (χ1v) is 5.75. The number of ether oxygens (including phenoxy) is 2. The molecule has 0 aliphatic carbocycles. The Morgan fingerprint density at radius 1 is 1.39 bits per heavy atom. The second-order valence-corrected chi connectivity index (χ2v) is 4.07. The van der Waals surface area contributed by atoms with Crippen molar-refractivity contribution in [2.75, 3.05) is 14.2 Å². The first-order chi connectivity index (χ1) is 8.56. The molecule has 3 N–H and O–H groups in total. The van der Waals surface area contributed by atoms with Crippen molar-refractivity contribution in [2.24, 2.45) is 5.73 Å². The topological polar surface area (TPSA) is 81.8 Å². The van der Waals surface area contributed by atoms with Crippen LogP contribution in [0.3, 0.4) is 0 Å². The van der Waals surface area contributed by atoms with Gasteiger partial charge in [0.05, 0.1) is 14.2 Å². The third kappa shape index (κ3) is 4.25. The highest BCUT2D eigenvalue weighted by molar-refractivity contribution is 5.66. The third-order valence-corrected chi connectivity index (χ3v) is 2.71. The summed E-state index contributed by atoms with van der Waals surface area (Å²) in [6.07, 6.45) is 1.12. The van der Waals surface area contributed by atoms with Gasteiger partial charge in [-0.2, -0.15) is 0 Å². The normalized spacial score (nSPS) is 11.9. The Hall–Kier alpha value is -1.75. The molecule has 100 valence electrons. The van der Waals surface area contributed by atoms with Crippen LogP contribution in [0.15, 0.2) is 18.2 Å². The number of rotatable bonds is 7. The molecular formula is C13H19NO4. The van der Waals surface area contributed by atoms with Gasteiger partial charge in [0.2, 0.25) is 0 Å². The lowest BCUT2D eigenvalue weighted by atomic mass is 10.0. The standard InChI is InChI=1S/C13H19NO4/c1-17-11-5-3-9(12(8-11)18-2)7-10(14)4-6-13(15)16/h3,5,8,10H,4,6-7,14H2,1-2H3,(H,15,16). The lowest BCUT2D eigenvalue weighted by Gasteiger charge is -2.14. The van der Waals surface area contributed by atoms with E-state index in [1.54, 1.807) is 20.3 Å². The average Bonchev–Trinajstić information content (AvgIpc) is 2.36. The smallest absolute Gasteiger partial charge is 0.303 e. The van der Waals surface area contributed by atoms with E-state index in [1.165, 1.54) is 0 Å². The lowest BCUT2D eigenvalue weighted by molar-refractivity contribution is -0.137. The number of benzene rings is 1. The van der Waals surface area contributed by atoms with E-state index >= 15 is 0 Å². The Kier molecular flexibility index (Phi) is 5.45. The molecule has 1 aromatic carbocycles. The molecule has 0 aliphatic heterocycles. The van der Waals surface area contributed by atoms with Gasteiger partial charge in [-0.15, -0.1) is 0 Å². The zero-order chi connectivity index (χ0) is 13.5. The minimum absolute atomic E-state index is 0.0830. The molecule has 1 atom stereocenters. The number of hydrogen-bond donors (Lipinski definition) is 2. The molecule has 0 amide bonds. The van der Waals surface area contributed by atoms with E-state index in [0.717, 1.165) is 11.3 Å². The van der Waals surface area contributed by atoms with Gasteiger partial charge in [0.25, 0.3) is 0 Å². The highest BCUT2D eigenvalue weighted by Gasteiger charge is 2.11. The summed E-state index contributed by atoms with van der Waals surface area (Å²) in [4.78, 5) is 10.5. The predicted molar refractivity (Wildman–Crippen MR) is 68.1 cm³/mol. The van der Waals surface area contributed by atoms with Gasteiger partial charge in [0.15, 0.2) is 0 Å². The third-order valence-electron chi connectivity index (χ3n) is 2.71. The van der Waals surface area contributed by atoms with E-state index in [-0.39, 0.29) is 12.5 Å². The molecule has 0 fully saturated rings. The van der Waals surface area contributed by atoms with Crippen molar-refractivity contribution in [3.8, 4) is 11.5 Å². The number of hydrogen-bond acceptors (Lipinski definition) is 4. The highest BCUT2D eigenvalue weighted by atomic mass is 16.5. The Morgan fingerprint density at radius 2 is 2.11 bits per heavy atom. The molecule has 0 saturated heterocycles. The van der Waals surface area contributed by atoms with Gasteiger partial charge in [-0.05, 0) is 24.5 Å². The van der Waals surface area contributed by atoms with E-state index in [1.807, 2.05) is 12.1 Å². The van der Waals surface area contributed by atoms with Crippen molar-refractivity contribution in [1.29, 1.82) is 0 Å². The van der Waals surface area contributed by atoms with Crippen LogP contribution < -0.4 is 15.2 Å². The number of carbonyl (C=O) groups is 1. The molecule has 0 aliphatic rings. The summed E-state index contributed by atoms with van der Waals surface area (Å²) in [5, 5.41) is 8.60. The van der Waals surface area contributed by atoms with Crippen molar-refractivity contribution >= 4 is 5.97 Å². The van der Waals surface area contributed by atoms with Crippen molar-refractivity contribution in [2.45, 2.75) is 25.3 Å². The van der Waals surface area contributed by atoms with E-state index < -0.39 is 5.97 Å². The Morgan fingerprint density at radius 3 is 2.67 bits per heavy atom. The zero-order valence-electron chi connectivity index (χ0n) is 10.7. The molecule has 5 heteroatoms. The number of carboxylic acids is 1. The molecule has 0 heterocycles. The predicted octanol–water partition coefficient (Wildman–Crippen LogP) is 1.44. The molecule has 0 radical (unpaired) electrons. The first kappa shape index (κ1) is 14.3. The second kappa shape index (κ2) is 6.86. The van der Waals surface area contributed by atoms with Crippen LogP contribution in [0.1, 0.15) is 18.4 Å². The van der Waals surface area contributed by atoms with Gasteiger partial charge in [-0.25, -0.2) is 0 Å². The van der Waals surface area contributed by atoms with Crippen molar-refractivity contribution < 1.29 is 19.4 Å². The Balaban J connectivity index is 2.68. The molecule has 1 rings (SSSR count). The molecule has 0 aromatic heterocycles.